The van der Waals surface area contributed by atoms with Crippen LogP contribution in [0.1, 0.15) is 57.4 Å². The molecule has 0 unspecified atom stereocenters. The lowest BCUT2D eigenvalue weighted by Crippen LogP contribution is -2.20. The van der Waals surface area contributed by atoms with Crippen molar-refractivity contribution < 1.29 is 38.7 Å². The minimum Gasteiger partial charge on any atom is -0.493 e. The Hall–Kier alpha value is -2.94. The predicted octanol–water partition coefficient (Wildman–Crippen LogP) is 5.24. The van der Waals surface area contributed by atoms with Crippen LogP contribution in [0.2, 0.25) is 0 Å². The van der Waals surface area contributed by atoms with E-state index in [-0.39, 0.29) is 37.8 Å². The van der Waals surface area contributed by atoms with Crippen LogP contribution in [0, 0.1) is 11.7 Å². The van der Waals surface area contributed by atoms with Gasteiger partial charge in [-0.05, 0) is 60.2 Å². The number of esters is 1. The van der Waals surface area contributed by atoms with E-state index >= 15 is 0 Å². The summed E-state index contributed by atoms with van der Waals surface area (Å²) in [6, 6.07) is 10.4. The van der Waals surface area contributed by atoms with Gasteiger partial charge in [-0.15, -0.1) is 0 Å². The first-order chi connectivity index (χ1) is 18.9. The highest BCUT2D eigenvalue weighted by Crippen LogP contribution is 2.31. The summed E-state index contributed by atoms with van der Waals surface area (Å²) >= 11 is 0. The fourth-order valence-electron chi connectivity index (χ4n) is 3.92. The number of ether oxygens (including phenoxy) is 3. The molecule has 216 valence electrons. The van der Waals surface area contributed by atoms with Crippen LogP contribution in [0.5, 0.6) is 11.5 Å². The number of unbranched alkanes of at least 4 members (excludes halogenated alkanes) is 5. The van der Waals surface area contributed by atoms with E-state index in [1.807, 2.05) is 18.2 Å². The molecule has 0 bridgehead atoms. The fourth-order valence-corrected chi connectivity index (χ4v) is 3.92. The van der Waals surface area contributed by atoms with Gasteiger partial charge in [0, 0.05) is 5.92 Å². The summed E-state index contributed by atoms with van der Waals surface area (Å²) in [7, 11) is 0. The van der Waals surface area contributed by atoms with Crippen molar-refractivity contribution in [1.29, 1.82) is 0 Å². The van der Waals surface area contributed by atoms with E-state index in [1.165, 1.54) is 31.7 Å². The lowest BCUT2D eigenvalue weighted by Gasteiger charge is -2.17. The van der Waals surface area contributed by atoms with E-state index in [2.05, 4.69) is 13.5 Å². The van der Waals surface area contributed by atoms with E-state index in [0.717, 1.165) is 24.0 Å². The molecule has 0 aromatic heterocycles. The quantitative estimate of drug-likeness (QED) is 0.119. The molecule has 0 atom stereocenters. The van der Waals surface area contributed by atoms with Crippen LogP contribution in [-0.2, 0) is 16.0 Å². The Morgan fingerprint density at radius 2 is 1.54 bits per heavy atom. The molecule has 0 aliphatic heterocycles. The molecule has 0 amide bonds. The molecule has 0 aliphatic rings. The zero-order valence-corrected chi connectivity index (χ0v) is 23.0. The maximum absolute atomic E-state index is 14.8. The number of hydrogen-bond acceptors (Lipinski definition) is 7. The van der Waals surface area contributed by atoms with Crippen molar-refractivity contribution >= 4 is 5.97 Å². The largest absolute Gasteiger partial charge is 0.493 e. The molecule has 2 aromatic rings. The van der Waals surface area contributed by atoms with Crippen LogP contribution in [0.15, 0.2) is 48.6 Å². The lowest BCUT2D eigenvalue weighted by atomic mass is 9.99. The van der Waals surface area contributed by atoms with Crippen molar-refractivity contribution in [3.63, 3.8) is 0 Å². The third kappa shape index (κ3) is 11.4. The van der Waals surface area contributed by atoms with Crippen molar-refractivity contribution in [2.45, 2.75) is 58.3 Å². The number of carbonyl (C=O) groups excluding carboxylic acids is 1. The second-order valence-corrected chi connectivity index (χ2v) is 9.63. The molecule has 0 saturated heterocycles. The Morgan fingerprint density at radius 1 is 0.872 bits per heavy atom. The van der Waals surface area contributed by atoms with Crippen molar-refractivity contribution in [3.05, 3.63) is 59.9 Å². The standard InChI is InChI=1S/C31H43FO7/c1-3-4-5-6-7-8-15-37-30-14-12-26(18-28(30)32)25-11-13-29(39-22-24(20-34)21-35)27(17-25)10-9-16-38-31(36)23(2)19-33/h11-14,17-18,24,33-35H,2-10,15-16,19-22H2,1H3. The Morgan fingerprint density at radius 3 is 2.21 bits per heavy atom. The Bertz CT molecular complexity index is 1020. The lowest BCUT2D eigenvalue weighted by molar-refractivity contribution is -0.139. The number of rotatable bonds is 20. The maximum Gasteiger partial charge on any atom is 0.335 e. The molecular formula is C31H43FO7. The molecule has 0 spiro atoms. The molecule has 8 heteroatoms. The minimum atomic E-state index is -0.647. The molecule has 2 rings (SSSR count). The summed E-state index contributed by atoms with van der Waals surface area (Å²) in [4.78, 5) is 11.7. The number of benzene rings is 2. The first kappa shape index (κ1) is 32.3. The number of hydrogen-bond donors (Lipinski definition) is 3. The van der Waals surface area contributed by atoms with E-state index in [9.17, 15) is 19.4 Å². The molecular weight excluding hydrogens is 503 g/mol. The van der Waals surface area contributed by atoms with Crippen LogP contribution in [0.25, 0.3) is 11.1 Å². The van der Waals surface area contributed by atoms with Crippen LogP contribution in [-0.4, -0.2) is 60.9 Å². The Balaban J connectivity index is 2.08. The van der Waals surface area contributed by atoms with E-state index in [0.29, 0.717) is 30.8 Å². The Kier molecular flexibility index (Phi) is 15.2. The summed E-state index contributed by atoms with van der Waals surface area (Å²) in [6.07, 6.45) is 7.78. The molecule has 0 fully saturated rings. The van der Waals surface area contributed by atoms with Gasteiger partial charge in [-0.3, -0.25) is 0 Å². The summed E-state index contributed by atoms with van der Waals surface area (Å²) in [5.74, 6) is -0.689. The second kappa shape index (κ2) is 18.4. The first-order valence-electron chi connectivity index (χ1n) is 13.8. The van der Waals surface area contributed by atoms with Gasteiger partial charge in [0.05, 0.1) is 45.2 Å². The third-order valence-corrected chi connectivity index (χ3v) is 6.38. The molecule has 0 saturated carbocycles. The monoisotopic (exact) mass is 546 g/mol. The van der Waals surface area contributed by atoms with Gasteiger partial charge in [0.15, 0.2) is 11.6 Å². The zero-order chi connectivity index (χ0) is 28.5. The van der Waals surface area contributed by atoms with Crippen LogP contribution in [0.3, 0.4) is 0 Å². The zero-order valence-electron chi connectivity index (χ0n) is 23.0. The van der Waals surface area contributed by atoms with Crippen LogP contribution < -0.4 is 9.47 Å². The second-order valence-electron chi connectivity index (χ2n) is 9.63. The molecule has 7 nitrogen and oxygen atoms in total. The topological polar surface area (TPSA) is 105 Å². The van der Waals surface area contributed by atoms with Gasteiger partial charge in [0.25, 0.3) is 0 Å². The Labute approximate surface area is 231 Å². The highest BCUT2D eigenvalue weighted by atomic mass is 19.1. The first-order valence-corrected chi connectivity index (χ1v) is 13.8. The molecule has 2 aromatic carbocycles. The van der Waals surface area contributed by atoms with Crippen LogP contribution >= 0.6 is 0 Å². The number of aryl methyl sites for hydroxylation is 1. The minimum absolute atomic E-state index is 0.0125. The number of halogens is 1. The van der Waals surface area contributed by atoms with Crippen molar-refractivity contribution in [3.8, 4) is 22.6 Å². The summed E-state index contributed by atoms with van der Waals surface area (Å²) in [5, 5.41) is 27.7. The van der Waals surface area contributed by atoms with E-state index in [1.54, 1.807) is 12.1 Å². The molecule has 3 N–H and O–H groups in total. The summed E-state index contributed by atoms with van der Waals surface area (Å²) in [6.45, 7) is 5.49. The highest BCUT2D eigenvalue weighted by Gasteiger charge is 2.13. The number of aliphatic hydroxyl groups excluding tert-OH is 3. The summed E-state index contributed by atoms with van der Waals surface area (Å²) < 4.78 is 31.5. The fraction of sp³-hybridized carbons (Fsp3) is 0.516. The predicted molar refractivity (Wildman–Crippen MR) is 149 cm³/mol. The third-order valence-electron chi connectivity index (χ3n) is 6.38. The highest BCUT2D eigenvalue weighted by molar-refractivity contribution is 5.87. The molecule has 0 heterocycles. The van der Waals surface area contributed by atoms with Gasteiger partial charge < -0.3 is 29.5 Å². The van der Waals surface area contributed by atoms with Gasteiger partial charge >= 0.3 is 5.97 Å². The average Bonchev–Trinajstić information content (AvgIpc) is 2.95. The van der Waals surface area contributed by atoms with Crippen molar-refractivity contribution in [1.82, 2.24) is 0 Å². The van der Waals surface area contributed by atoms with Gasteiger partial charge in [-0.2, -0.15) is 0 Å². The summed E-state index contributed by atoms with van der Waals surface area (Å²) in [5.41, 5.74) is 2.26. The number of carbonyl (C=O) groups is 1. The van der Waals surface area contributed by atoms with Gasteiger partial charge in [-0.1, -0.05) is 57.7 Å². The van der Waals surface area contributed by atoms with E-state index in [4.69, 9.17) is 19.3 Å². The van der Waals surface area contributed by atoms with Crippen LogP contribution in [0.4, 0.5) is 4.39 Å². The molecule has 0 aliphatic carbocycles. The number of aliphatic hydroxyl groups is 3. The SMILES string of the molecule is C=C(CO)C(=O)OCCCc1cc(-c2ccc(OCCCCCCCC)c(F)c2)ccc1OCC(CO)CO. The normalized spacial score (nSPS) is 11.0. The molecule has 39 heavy (non-hydrogen) atoms. The van der Waals surface area contributed by atoms with Gasteiger partial charge in [0.2, 0.25) is 0 Å². The van der Waals surface area contributed by atoms with Gasteiger partial charge in [0.1, 0.15) is 5.75 Å². The van der Waals surface area contributed by atoms with E-state index < -0.39 is 24.3 Å². The molecule has 0 radical (unpaired) electrons. The smallest absolute Gasteiger partial charge is 0.335 e. The van der Waals surface area contributed by atoms with Crippen molar-refractivity contribution in [2.24, 2.45) is 5.92 Å². The van der Waals surface area contributed by atoms with Gasteiger partial charge in [-0.25, -0.2) is 9.18 Å². The maximum atomic E-state index is 14.8. The van der Waals surface area contributed by atoms with Crippen molar-refractivity contribution in [2.75, 3.05) is 39.6 Å². The average molecular weight is 547 g/mol.